The topological polar surface area (TPSA) is 88.4 Å². The van der Waals surface area contributed by atoms with E-state index in [1.54, 1.807) is 36.4 Å². The van der Waals surface area contributed by atoms with Crippen LogP contribution in [0.4, 0.5) is 5.69 Å². The molecule has 6 nitrogen and oxygen atoms in total. The largest absolute Gasteiger partial charge is 0.457 e. The number of hydrogen-bond acceptors (Lipinski definition) is 5. The summed E-state index contributed by atoms with van der Waals surface area (Å²) in [4.78, 5) is 24.0. The van der Waals surface area contributed by atoms with Crippen LogP contribution in [-0.2, 0) is 9.53 Å². The predicted octanol–water partition coefficient (Wildman–Crippen LogP) is 4.45. The highest BCUT2D eigenvalue weighted by Crippen LogP contribution is 2.23. The van der Waals surface area contributed by atoms with E-state index >= 15 is 0 Å². The fourth-order valence-electron chi connectivity index (χ4n) is 2.48. The van der Waals surface area contributed by atoms with E-state index in [4.69, 9.17) is 14.7 Å². The second kappa shape index (κ2) is 9.20. The van der Waals surface area contributed by atoms with Crippen LogP contribution >= 0.6 is 0 Å². The molecule has 0 aromatic heterocycles. The normalized spacial score (nSPS) is 9.93. The maximum absolute atomic E-state index is 12.0. The van der Waals surface area contributed by atoms with Crippen molar-refractivity contribution < 1.29 is 19.1 Å². The summed E-state index contributed by atoms with van der Waals surface area (Å²) < 4.78 is 10.7. The average Bonchev–Trinajstić information content (AvgIpc) is 2.75. The molecule has 29 heavy (non-hydrogen) atoms. The molecule has 0 atom stereocenters. The van der Waals surface area contributed by atoms with Crippen LogP contribution in [0.3, 0.4) is 0 Å². The van der Waals surface area contributed by atoms with Crippen LogP contribution in [0.25, 0.3) is 0 Å². The molecule has 0 aliphatic rings. The van der Waals surface area contributed by atoms with Gasteiger partial charge in [0.25, 0.3) is 5.91 Å². The van der Waals surface area contributed by atoms with E-state index in [1.165, 1.54) is 12.1 Å². The van der Waals surface area contributed by atoms with Gasteiger partial charge in [-0.05, 0) is 61.5 Å². The summed E-state index contributed by atoms with van der Waals surface area (Å²) in [5.41, 5.74) is 2.26. The zero-order valence-corrected chi connectivity index (χ0v) is 15.7. The monoisotopic (exact) mass is 386 g/mol. The molecule has 0 heterocycles. The van der Waals surface area contributed by atoms with E-state index in [1.807, 2.05) is 37.3 Å². The van der Waals surface area contributed by atoms with E-state index < -0.39 is 18.5 Å². The highest BCUT2D eigenvalue weighted by atomic mass is 16.5. The standard InChI is InChI=1S/C23H18N2O4/c1-16-5-9-20(10-6-16)29-21-11-7-19(8-12-21)25-22(26)15-28-23(27)18-4-2-3-17(13-18)14-24/h2-13H,15H2,1H3,(H,25,26). The van der Waals surface area contributed by atoms with Gasteiger partial charge in [0.1, 0.15) is 11.5 Å². The molecule has 1 N–H and O–H groups in total. The number of carbonyl (C=O) groups is 2. The minimum Gasteiger partial charge on any atom is -0.457 e. The fourth-order valence-corrected chi connectivity index (χ4v) is 2.48. The zero-order chi connectivity index (χ0) is 20.6. The summed E-state index contributed by atoms with van der Waals surface area (Å²) >= 11 is 0. The van der Waals surface area contributed by atoms with E-state index in [9.17, 15) is 9.59 Å². The Hall–Kier alpha value is -4.11. The Morgan fingerprint density at radius 3 is 2.28 bits per heavy atom. The molecular weight excluding hydrogens is 368 g/mol. The quantitative estimate of drug-likeness (QED) is 0.632. The molecule has 1 amide bonds. The fraction of sp³-hybridized carbons (Fsp3) is 0.0870. The van der Waals surface area contributed by atoms with Gasteiger partial charge in [0, 0.05) is 5.69 Å². The minimum atomic E-state index is -0.668. The van der Waals surface area contributed by atoms with Gasteiger partial charge >= 0.3 is 5.97 Å². The van der Waals surface area contributed by atoms with Gasteiger partial charge in [0.2, 0.25) is 0 Å². The number of benzene rings is 3. The molecule has 3 aromatic rings. The molecule has 0 bridgehead atoms. The third-order valence-electron chi connectivity index (χ3n) is 3.96. The number of nitrogens with zero attached hydrogens (tertiary/aromatic N) is 1. The number of aryl methyl sites for hydroxylation is 1. The lowest BCUT2D eigenvalue weighted by molar-refractivity contribution is -0.119. The van der Waals surface area contributed by atoms with E-state index in [0.717, 1.165) is 11.3 Å². The Morgan fingerprint density at radius 2 is 1.62 bits per heavy atom. The maximum Gasteiger partial charge on any atom is 0.338 e. The second-order valence-electron chi connectivity index (χ2n) is 6.26. The summed E-state index contributed by atoms with van der Waals surface area (Å²) in [7, 11) is 0. The number of carbonyl (C=O) groups excluding carboxylic acids is 2. The van der Waals surface area contributed by atoms with Crippen LogP contribution in [0.1, 0.15) is 21.5 Å². The summed E-state index contributed by atoms with van der Waals surface area (Å²) in [6.45, 7) is 1.57. The third-order valence-corrected chi connectivity index (χ3v) is 3.96. The van der Waals surface area contributed by atoms with Crippen LogP contribution in [0.2, 0.25) is 0 Å². The average molecular weight is 386 g/mol. The molecule has 3 aromatic carbocycles. The van der Waals surface area contributed by atoms with Gasteiger partial charge in [0.15, 0.2) is 6.61 Å². The molecule has 0 aliphatic heterocycles. The number of nitrogens with one attached hydrogen (secondary N) is 1. The zero-order valence-electron chi connectivity index (χ0n) is 15.7. The highest BCUT2D eigenvalue weighted by molar-refractivity contribution is 5.95. The molecule has 0 aliphatic carbocycles. The van der Waals surface area contributed by atoms with E-state index in [2.05, 4.69) is 5.32 Å². The lowest BCUT2D eigenvalue weighted by Gasteiger charge is -2.09. The van der Waals surface area contributed by atoms with Gasteiger partial charge in [-0.15, -0.1) is 0 Å². The summed E-state index contributed by atoms with van der Waals surface area (Å²) in [6.07, 6.45) is 0. The van der Waals surface area contributed by atoms with Crippen LogP contribution in [0.5, 0.6) is 11.5 Å². The Labute approximate surface area is 168 Å². The van der Waals surface area contributed by atoms with Crippen LogP contribution in [-0.4, -0.2) is 18.5 Å². The molecule has 0 radical (unpaired) electrons. The molecule has 3 rings (SSSR count). The van der Waals surface area contributed by atoms with Crippen LogP contribution < -0.4 is 10.1 Å². The SMILES string of the molecule is Cc1ccc(Oc2ccc(NC(=O)COC(=O)c3cccc(C#N)c3)cc2)cc1. The Bertz CT molecular complexity index is 1050. The van der Waals surface area contributed by atoms with Gasteiger partial charge in [-0.25, -0.2) is 4.79 Å². The molecule has 144 valence electrons. The van der Waals surface area contributed by atoms with Crippen molar-refractivity contribution in [1.29, 1.82) is 5.26 Å². The molecular formula is C23H18N2O4. The van der Waals surface area contributed by atoms with Crippen molar-refractivity contribution in [2.45, 2.75) is 6.92 Å². The van der Waals surface area contributed by atoms with Gasteiger partial charge in [0.05, 0.1) is 17.2 Å². The first-order valence-corrected chi connectivity index (χ1v) is 8.85. The number of hydrogen-bond donors (Lipinski definition) is 1. The second-order valence-corrected chi connectivity index (χ2v) is 6.26. The minimum absolute atomic E-state index is 0.217. The first-order chi connectivity index (χ1) is 14.0. The Kier molecular flexibility index (Phi) is 6.23. The Balaban J connectivity index is 1.50. The molecule has 0 spiro atoms. The van der Waals surface area contributed by atoms with Crippen molar-refractivity contribution >= 4 is 17.6 Å². The van der Waals surface area contributed by atoms with Gasteiger partial charge < -0.3 is 14.8 Å². The first-order valence-electron chi connectivity index (χ1n) is 8.85. The van der Waals surface area contributed by atoms with Gasteiger partial charge in [-0.2, -0.15) is 5.26 Å². The number of ether oxygens (including phenoxy) is 2. The molecule has 0 saturated carbocycles. The number of amides is 1. The van der Waals surface area contributed by atoms with E-state index in [0.29, 0.717) is 17.0 Å². The number of anilines is 1. The number of esters is 1. The van der Waals surface area contributed by atoms with Gasteiger partial charge in [-0.3, -0.25) is 4.79 Å². The number of rotatable bonds is 6. The molecule has 0 fully saturated rings. The summed E-state index contributed by atoms with van der Waals surface area (Å²) in [5, 5.41) is 11.5. The van der Waals surface area contributed by atoms with Crippen molar-refractivity contribution in [2.24, 2.45) is 0 Å². The predicted molar refractivity (Wildman–Crippen MR) is 108 cm³/mol. The molecule has 0 saturated heterocycles. The lowest BCUT2D eigenvalue weighted by Crippen LogP contribution is -2.20. The third kappa shape index (κ3) is 5.68. The van der Waals surface area contributed by atoms with E-state index in [-0.39, 0.29) is 5.56 Å². The number of nitriles is 1. The molecule has 6 heteroatoms. The smallest absolute Gasteiger partial charge is 0.338 e. The summed E-state index contributed by atoms with van der Waals surface area (Å²) in [6, 6.07) is 22.6. The van der Waals surface area contributed by atoms with Crippen LogP contribution in [0, 0.1) is 18.3 Å². The van der Waals surface area contributed by atoms with Crippen molar-refractivity contribution in [3.63, 3.8) is 0 Å². The van der Waals surface area contributed by atoms with Crippen molar-refractivity contribution in [1.82, 2.24) is 0 Å². The lowest BCUT2D eigenvalue weighted by atomic mass is 10.1. The van der Waals surface area contributed by atoms with Crippen LogP contribution in [0.15, 0.2) is 72.8 Å². The molecule has 0 unspecified atom stereocenters. The van der Waals surface area contributed by atoms with Crippen molar-refractivity contribution in [3.05, 3.63) is 89.5 Å². The first kappa shape index (κ1) is 19.6. The highest BCUT2D eigenvalue weighted by Gasteiger charge is 2.11. The Morgan fingerprint density at radius 1 is 0.966 bits per heavy atom. The van der Waals surface area contributed by atoms with Crippen molar-refractivity contribution in [2.75, 3.05) is 11.9 Å². The van der Waals surface area contributed by atoms with Gasteiger partial charge in [-0.1, -0.05) is 23.8 Å². The van der Waals surface area contributed by atoms with Crippen molar-refractivity contribution in [3.8, 4) is 17.6 Å². The summed E-state index contributed by atoms with van der Waals surface area (Å²) in [5.74, 6) is 0.219. The maximum atomic E-state index is 12.0.